The molecule has 0 spiro atoms. The van der Waals surface area contributed by atoms with Gasteiger partial charge in [0.05, 0.1) is 22.6 Å². The lowest BCUT2D eigenvalue weighted by Gasteiger charge is -2.33. The summed E-state index contributed by atoms with van der Waals surface area (Å²) >= 11 is 6.22. The Hall–Kier alpha value is -4.23. The zero-order valence-electron chi connectivity index (χ0n) is 24.9. The monoisotopic (exact) mass is 648 g/mol. The van der Waals surface area contributed by atoms with E-state index in [1.165, 1.54) is 69.5 Å². The van der Waals surface area contributed by atoms with Crippen molar-refractivity contribution in [2.45, 2.75) is 57.6 Å². The molecule has 0 bridgehead atoms. The highest BCUT2D eigenvalue weighted by Crippen LogP contribution is 2.36. The number of aryl methyl sites for hydroxylation is 1. The van der Waals surface area contributed by atoms with Crippen LogP contribution in [-0.4, -0.2) is 55.8 Å². The fraction of sp³-hybridized carbons (Fsp3) is 0.333. The Morgan fingerprint density at radius 1 is 1.11 bits per heavy atom. The quantitative estimate of drug-likeness (QED) is 0.198. The molecule has 2 amide bonds. The predicted octanol–water partition coefficient (Wildman–Crippen LogP) is 5.23. The molecule has 44 heavy (non-hydrogen) atoms. The van der Waals surface area contributed by atoms with Gasteiger partial charge in [0.2, 0.25) is 11.8 Å². The van der Waals surface area contributed by atoms with Gasteiger partial charge in [-0.2, -0.15) is 0 Å². The summed E-state index contributed by atoms with van der Waals surface area (Å²) in [4.78, 5) is 38.7. The third-order valence-corrected chi connectivity index (χ3v) is 9.11. The highest BCUT2D eigenvalue weighted by atomic mass is 35.5. The topological polar surface area (TPSA) is 139 Å². The van der Waals surface area contributed by atoms with E-state index in [4.69, 9.17) is 16.3 Å². The fourth-order valence-electron chi connectivity index (χ4n) is 4.30. The van der Waals surface area contributed by atoms with Crippen molar-refractivity contribution in [2.75, 3.05) is 18.0 Å². The molecule has 0 saturated carbocycles. The van der Waals surface area contributed by atoms with Crippen LogP contribution in [0.25, 0.3) is 0 Å². The number of hydrogen-bond acceptors (Lipinski definition) is 7. The van der Waals surface area contributed by atoms with Crippen molar-refractivity contribution in [1.29, 1.82) is 0 Å². The van der Waals surface area contributed by atoms with E-state index < -0.39 is 55.7 Å². The summed E-state index contributed by atoms with van der Waals surface area (Å²) in [5.41, 5.74) is -0.229. The van der Waals surface area contributed by atoms with Crippen molar-refractivity contribution >= 4 is 44.8 Å². The first kappa shape index (κ1) is 34.3. The molecule has 1 N–H and O–H groups in total. The van der Waals surface area contributed by atoms with Crippen molar-refractivity contribution < 1.29 is 32.1 Å². The van der Waals surface area contributed by atoms with Gasteiger partial charge < -0.3 is 15.0 Å². The molecule has 3 aromatic carbocycles. The van der Waals surface area contributed by atoms with E-state index in [-0.39, 0.29) is 40.2 Å². The van der Waals surface area contributed by atoms with Crippen LogP contribution in [0.2, 0.25) is 5.02 Å². The number of nitrogens with one attached hydrogen (secondary N) is 1. The van der Waals surface area contributed by atoms with Crippen LogP contribution in [0.1, 0.15) is 38.3 Å². The number of rotatable bonds is 13. The summed E-state index contributed by atoms with van der Waals surface area (Å²) in [5, 5.41) is 14.5. The van der Waals surface area contributed by atoms with Crippen LogP contribution in [0.4, 0.5) is 15.8 Å². The number of amides is 2. The van der Waals surface area contributed by atoms with Crippen LogP contribution in [0.3, 0.4) is 0 Å². The zero-order chi connectivity index (χ0) is 32.8. The van der Waals surface area contributed by atoms with Gasteiger partial charge in [-0.05, 0) is 57.5 Å². The summed E-state index contributed by atoms with van der Waals surface area (Å²) in [6.07, 6.45) is 0.614. The summed E-state index contributed by atoms with van der Waals surface area (Å²) in [6, 6.07) is 11.9. The maximum atomic E-state index is 14.7. The number of methoxy groups -OCH3 is 1. The molecule has 0 radical (unpaired) electrons. The van der Waals surface area contributed by atoms with Crippen molar-refractivity contribution in [3.63, 3.8) is 0 Å². The van der Waals surface area contributed by atoms with Crippen LogP contribution in [0, 0.1) is 22.9 Å². The number of benzene rings is 3. The van der Waals surface area contributed by atoms with E-state index >= 15 is 0 Å². The number of nitro benzene ring substituents is 1. The highest BCUT2D eigenvalue weighted by Gasteiger charge is 2.35. The van der Waals surface area contributed by atoms with Gasteiger partial charge in [0.25, 0.3) is 15.7 Å². The molecule has 2 atom stereocenters. The first-order chi connectivity index (χ1) is 20.7. The lowest BCUT2D eigenvalue weighted by molar-refractivity contribution is -0.385. The SMILES string of the molecule is CC[C@@H](C)NC(=O)[C@@H](C)N(Cc1ccccc1F)C(=O)CN(c1cc(Cl)ccc1OC)S(=O)(=O)c1ccc(C)c([N+](=O)[O-])c1. The van der Waals surface area contributed by atoms with E-state index in [1.54, 1.807) is 13.0 Å². The lowest BCUT2D eigenvalue weighted by atomic mass is 10.1. The summed E-state index contributed by atoms with van der Waals surface area (Å²) in [7, 11) is -3.39. The number of ether oxygens (including phenoxy) is 1. The number of sulfonamides is 1. The van der Waals surface area contributed by atoms with E-state index in [0.717, 1.165) is 11.0 Å². The average molecular weight is 649 g/mol. The third-order valence-electron chi connectivity index (χ3n) is 7.12. The Balaban J connectivity index is 2.17. The minimum absolute atomic E-state index is 0.0376. The molecule has 0 heterocycles. The number of hydrogen-bond donors (Lipinski definition) is 1. The zero-order valence-corrected chi connectivity index (χ0v) is 26.5. The van der Waals surface area contributed by atoms with Crippen LogP contribution in [0.15, 0.2) is 65.6 Å². The Labute approximate surface area is 260 Å². The van der Waals surface area contributed by atoms with Crippen molar-refractivity contribution in [3.8, 4) is 5.75 Å². The second kappa shape index (κ2) is 14.5. The summed E-state index contributed by atoms with van der Waals surface area (Å²) in [6.45, 7) is 5.34. The molecule has 0 aliphatic carbocycles. The maximum Gasteiger partial charge on any atom is 0.273 e. The second-order valence-electron chi connectivity index (χ2n) is 10.1. The Morgan fingerprint density at radius 2 is 1.80 bits per heavy atom. The molecule has 3 aromatic rings. The van der Waals surface area contributed by atoms with Crippen molar-refractivity contribution in [2.24, 2.45) is 0 Å². The van der Waals surface area contributed by atoms with Crippen molar-refractivity contribution in [1.82, 2.24) is 10.2 Å². The van der Waals surface area contributed by atoms with Gasteiger partial charge >= 0.3 is 0 Å². The van der Waals surface area contributed by atoms with Gasteiger partial charge in [-0.1, -0.05) is 42.8 Å². The Morgan fingerprint density at radius 3 is 2.41 bits per heavy atom. The summed E-state index contributed by atoms with van der Waals surface area (Å²) < 4.78 is 49.1. The minimum atomic E-state index is -4.69. The standard InChI is InChI=1S/C30H34ClFN4O7S/c1-6-20(3)33-30(38)21(4)34(17-22-9-7-8-10-25(22)32)29(37)18-35(27-15-23(31)12-14-28(27)43-5)44(41,42)24-13-11-19(2)26(16-24)36(39)40/h7-16,20-21H,6,17-18H2,1-5H3,(H,33,38)/t20-,21-/m1/s1. The van der Waals surface area contributed by atoms with Gasteiger partial charge in [0, 0.05) is 34.8 Å². The first-order valence-corrected chi connectivity index (χ1v) is 15.5. The second-order valence-corrected chi connectivity index (χ2v) is 12.4. The molecule has 0 aliphatic heterocycles. The third kappa shape index (κ3) is 7.83. The molecular weight excluding hydrogens is 615 g/mol. The molecule has 0 aliphatic rings. The average Bonchev–Trinajstić information content (AvgIpc) is 2.98. The molecule has 236 valence electrons. The van der Waals surface area contributed by atoms with Gasteiger partial charge in [-0.15, -0.1) is 0 Å². The minimum Gasteiger partial charge on any atom is -0.495 e. The van der Waals surface area contributed by atoms with Crippen LogP contribution in [-0.2, 0) is 26.2 Å². The van der Waals surface area contributed by atoms with E-state index in [1.807, 2.05) is 6.92 Å². The van der Waals surface area contributed by atoms with Gasteiger partial charge in [-0.25, -0.2) is 12.8 Å². The Kier molecular flexibility index (Phi) is 11.3. The number of carbonyl (C=O) groups excluding carboxylic acids is 2. The number of halogens is 2. The Bertz CT molecular complexity index is 1650. The smallest absolute Gasteiger partial charge is 0.273 e. The molecular formula is C30H34ClFN4O7S. The number of nitrogens with zero attached hydrogens (tertiary/aromatic N) is 3. The molecule has 11 nitrogen and oxygen atoms in total. The molecule has 14 heteroatoms. The lowest BCUT2D eigenvalue weighted by Crippen LogP contribution is -2.52. The molecule has 0 aromatic heterocycles. The number of nitro groups is 1. The van der Waals surface area contributed by atoms with Crippen LogP contribution >= 0.6 is 11.6 Å². The van der Waals surface area contributed by atoms with E-state index in [9.17, 15) is 32.5 Å². The van der Waals surface area contributed by atoms with Gasteiger partial charge in [-0.3, -0.25) is 24.0 Å². The number of anilines is 1. The molecule has 0 unspecified atom stereocenters. The molecule has 0 saturated heterocycles. The van der Waals surface area contributed by atoms with Crippen molar-refractivity contribution in [3.05, 3.63) is 92.7 Å². The predicted molar refractivity (Wildman–Crippen MR) is 165 cm³/mol. The highest BCUT2D eigenvalue weighted by molar-refractivity contribution is 7.92. The van der Waals surface area contributed by atoms with Gasteiger partial charge in [0.15, 0.2) is 0 Å². The largest absolute Gasteiger partial charge is 0.495 e. The number of carbonyl (C=O) groups is 2. The van der Waals surface area contributed by atoms with Crippen LogP contribution in [0.5, 0.6) is 5.75 Å². The molecule has 3 rings (SSSR count). The van der Waals surface area contributed by atoms with E-state index in [0.29, 0.717) is 10.7 Å². The normalized spacial score (nSPS) is 12.6. The van der Waals surface area contributed by atoms with Crippen LogP contribution < -0.4 is 14.4 Å². The molecule has 0 fully saturated rings. The maximum absolute atomic E-state index is 14.7. The van der Waals surface area contributed by atoms with E-state index in [2.05, 4.69) is 5.32 Å². The summed E-state index contributed by atoms with van der Waals surface area (Å²) in [5.74, 6) is -1.95. The fourth-order valence-corrected chi connectivity index (χ4v) is 5.91. The van der Waals surface area contributed by atoms with Gasteiger partial charge in [0.1, 0.15) is 24.2 Å². The first-order valence-electron chi connectivity index (χ1n) is 13.7.